The fraction of sp³-hybridized carbons (Fsp3) is 0.667. The van der Waals surface area contributed by atoms with Crippen molar-refractivity contribution < 1.29 is 0 Å². The van der Waals surface area contributed by atoms with E-state index in [1.165, 1.54) is 18.4 Å². The highest BCUT2D eigenvalue weighted by Crippen LogP contribution is 2.36. The summed E-state index contributed by atoms with van der Waals surface area (Å²) in [5, 5.41) is 0. The van der Waals surface area contributed by atoms with Gasteiger partial charge < -0.3 is 0 Å². The Morgan fingerprint density at radius 3 is 1.96 bits per heavy atom. The van der Waals surface area contributed by atoms with E-state index in [9.17, 15) is 0 Å². The van der Waals surface area contributed by atoms with Crippen LogP contribution in [-0.4, -0.2) is 41.0 Å². The Balaban J connectivity index is 2.17. The summed E-state index contributed by atoms with van der Waals surface area (Å²) >= 11 is 0. The molecule has 1 aliphatic carbocycles. The second-order valence-corrected chi connectivity index (χ2v) is 8.80. The van der Waals surface area contributed by atoms with E-state index in [4.69, 9.17) is 0 Å². The monoisotopic (exact) mass is 354 g/mol. The summed E-state index contributed by atoms with van der Waals surface area (Å²) in [7, 11) is 2.21. The van der Waals surface area contributed by atoms with Gasteiger partial charge in [0, 0.05) is 18.6 Å². The third kappa shape index (κ3) is 5.86. The van der Waals surface area contributed by atoms with Crippen molar-refractivity contribution in [2.45, 2.75) is 85.1 Å². The lowest BCUT2D eigenvalue weighted by Gasteiger charge is -2.36. The van der Waals surface area contributed by atoms with Gasteiger partial charge in [-0.05, 0) is 65.0 Å². The number of hydrogen-bond acceptors (Lipinski definition) is 2. The SMILES string of the molecule is CC(C)[C@@H](C#C[C@H](C1CC1)N(C(C)C)C(C)C)N(C)Cc1ccccc1. The molecule has 0 amide bonds. The smallest absolute Gasteiger partial charge is 0.0748 e. The van der Waals surface area contributed by atoms with Crippen LogP contribution in [0.3, 0.4) is 0 Å². The number of hydrogen-bond donors (Lipinski definition) is 0. The average molecular weight is 355 g/mol. The van der Waals surface area contributed by atoms with Crippen LogP contribution < -0.4 is 0 Å². The van der Waals surface area contributed by atoms with Crippen LogP contribution in [0.25, 0.3) is 0 Å². The molecule has 0 heterocycles. The molecule has 0 N–H and O–H groups in total. The van der Waals surface area contributed by atoms with Crippen LogP contribution in [0.5, 0.6) is 0 Å². The van der Waals surface area contributed by atoms with E-state index in [2.05, 4.69) is 101 Å². The molecule has 2 heteroatoms. The van der Waals surface area contributed by atoms with Crippen LogP contribution in [0.2, 0.25) is 0 Å². The molecule has 0 saturated heterocycles. The Hall–Kier alpha value is -1.30. The van der Waals surface area contributed by atoms with E-state index in [0.717, 1.165) is 12.5 Å². The van der Waals surface area contributed by atoms with Crippen LogP contribution in [-0.2, 0) is 6.54 Å². The van der Waals surface area contributed by atoms with Crippen LogP contribution >= 0.6 is 0 Å². The molecule has 144 valence electrons. The Morgan fingerprint density at radius 2 is 1.50 bits per heavy atom. The molecular formula is C24H38N2. The van der Waals surface area contributed by atoms with Gasteiger partial charge in [-0.1, -0.05) is 56.0 Å². The van der Waals surface area contributed by atoms with Crippen molar-refractivity contribution >= 4 is 0 Å². The Kier molecular flexibility index (Phi) is 7.74. The zero-order chi connectivity index (χ0) is 19.3. The van der Waals surface area contributed by atoms with Crippen LogP contribution in [0, 0.1) is 23.7 Å². The quantitative estimate of drug-likeness (QED) is 0.603. The molecular weight excluding hydrogens is 316 g/mol. The lowest BCUT2D eigenvalue weighted by atomic mass is 10.0. The lowest BCUT2D eigenvalue weighted by molar-refractivity contribution is 0.130. The maximum absolute atomic E-state index is 3.73. The molecule has 1 aromatic rings. The normalized spacial score (nSPS) is 17.1. The van der Waals surface area contributed by atoms with Gasteiger partial charge in [0.25, 0.3) is 0 Å². The third-order valence-electron chi connectivity index (χ3n) is 5.34. The molecule has 1 saturated carbocycles. The van der Waals surface area contributed by atoms with Crippen molar-refractivity contribution in [1.29, 1.82) is 0 Å². The van der Waals surface area contributed by atoms with Crippen LogP contribution in [0.4, 0.5) is 0 Å². The first-order valence-electron chi connectivity index (χ1n) is 10.3. The van der Waals surface area contributed by atoms with Gasteiger partial charge in [-0.15, -0.1) is 0 Å². The second kappa shape index (κ2) is 9.58. The minimum Gasteiger partial charge on any atom is -0.288 e. The highest BCUT2D eigenvalue weighted by atomic mass is 15.2. The molecule has 2 nitrogen and oxygen atoms in total. The summed E-state index contributed by atoms with van der Waals surface area (Å²) in [4.78, 5) is 5.02. The van der Waals surface area contributed by atoms with Crippen molar-refractivity contribution in [3.8, 4) is 11.8 Å². The Labute approximate surface area is 162 Å². The van der Waals surface area contributed by atoms with Gasteiger partial charge in [0.1, 0.15) is 0 Å². The molecule has 0 aromatic heterocycles. The van der Waals surface area contributed by atoms with Crippen molar-refractivity contribution in [1.82, 2.24) is 9.80 Å². The minimum absolute atomic E-state index is 0.289. The predicted molar refractivity (Wildman–Crippen MR) is 113 cm³/mol. The van der Waals surface area contributed by atoms with Crippen LogP contribution in [0.15, 0.2) is 30.3 Å². The molecule has 1 aromatic carbocycles. The van der Waals surface area contributed by atoms with E-state index in [1.807, 2.05) is 0 Å². The molecule has 0 bridgehead atoms. The van der Waals surface area contributed by atoms with Gasteiger partial charge in [-0.2, -0.15) is 0 Å². The average Bonchev–Trinajstić information content (AvgIpc) is 3.38. The van der Waals surface area contributed by atoms with Crippen molar-refractivity contribution in [3.05, 3.63) is 35.9 Å². The zero-order valence-corrected chi connectivity index (χ0v) is 17.9. The van der Waals surface area contributed by atoms with E-state index in [0.29, 0.717) is 24.0 Å². The summed E-state index contributed by atoms with van der Waals surface area (Å²) in [6.07, 6.45) is 2.67. The van der Waals surface area contributed by atoms with E-state index < -0.39 is 0 Å². The molecule has 0 unspecified atom stereocenters. The molecule has 2 atom stereocenters. The van der Waals surface area contributed by atoms with Crippen molar-refractivity contribution in [2.75, 3.05) is 7.05 Å². The molecule has 0 spiro atoms. The van der Waals surface area contributed by atoms with Gasteiger partial charge >= 0.3 is 0 Å². The third-order valence-corrected chi connectivity index (χ3v) is 5.34. The van der Waals surface area contributed by atoms with E-state index in [1.54, 1.807) is 0 Å². The first-order chi connectivity index (χ1) is 12.3. The summed E-state index contributed by atoms with van der Waals surface area (Å²) in [6.45, 7) is 14.7. The fourth-order valence-corrected chi connectivity index (χ4v) is 4.01. The molecule has 0 aliphatic heterocycles. The standard InChI is InChI=1S/C24H38N2/c1-18(2)23(25(7)17-21-11-9-8-10-12-21)15-16-24(22-13-14-22)26(19(3)4)20(5)6/h8-12,18-20,22-24H,13-14,17H2,1-7H3/t23-,24-/m1/s1. The van der Waals surface area contributed by atoms with Gasteiger partial charge in [0.05, 0.1) is 12.1 Å². The first kappa shape index (κ1) is 21.0. The van der Waals surface area contributed by atoms with Crippen molar-refractivity contribution in [3.63, 3.8) is 0 Å². The number of nitrogens with zero attached hydrogens (tertiary/aromatic N) is 2. The molecule has 1 aliphatic rings. The van der Waals surface area contributed by atoms with Gasteiger partial charge in [0.15, 0.2) is 0 Å². The molecule has 0 radical (unpaired) electrons. The predicted octanol–water partition coefficient (Wildman–Crippen LogP) is 5.04. The second-order valence-electron chi connectivity index (χ2n) is 8.80. The van der Waals surface area contributed by atoms with Gasteiger partial charge in [-0.25, -0.2) is 0 Å². The van der Waals surface area contributed by atoms with Crippen molar-refractivity contribution in [2.24, 2.45) is 11.8 Å². The molecule has 1 fully saturated rings. The fourth-order valence-electron chi connectivity index (χ4n) is 4.01. The highest BCUT2D eigenvalue weighted by Gasteiger charge is 2.36. The first-order valence-corrected chi connectivity index (χ1v) is 10.3. The van der Waals surface area contributed by atoms with E-state index >= 15 is 0 Å². The maximum Gasteiger partial charge on any atom is 0.0748 e. The largest absolute Gasteiger partial charge is 0.288 e. The topological polar surface area (TPSA) is 6.48 Å². The zero-order valence-electron chi connectivity index (χ0n) is 17.9. The number of benzene rings is 1. The lowest BCUT2D eigenvalue weighted by Crippen LogP contribution is -2.46. The van der Waals surface area contributed by atoms with E-state index in [-0.39, 0.29) is 6.04 Å². The highest BCUT2D eigenvalue weighted by molar-refractivity contribution is 5.20. The summed E-state index contributed by atoms with van der Waals surface area (Å²) in [5.41, 5.74) is 1.35. The maximum atomic E-state index is 3.73. The van der Waals surface area contributed by atoms with Gasteiger partial charge in [0.2, 0.25) is 0 Å². The van der Waals surface area contributed by atoms with Gasteiger partial charge in [-0.3, -0.25) is 9.80 Å². The molecule has 26 heavy (non-hydrogen) atoms. The molecule has 2 rings (SSSR count). The Bertz CT molecular complexity index is 582. The summed E-state index contributed by atoms with van der Waals surface area (Å²) < 4.78 is 0. The summed E-state index contributed by atoms with van der Waals surface area (Å²) in [5.74, 6) is 8.69. The minimum atomic E-state index is 0.289. The number of rotatable bonds is 8. The van der Waals surface area contributed by atoms with Crippen LogP contribution in [0.1, 0.15) is 59.9 Å². The summed E-state index contributed by atoms with van der Waals surface area (Å²) in [6, 6.07) is 12.5. The Morgan fingerprint density at radius 1 is 0.923 bits per heavy atom.